The first kappa shape index (κ1) is 19.0. The Morgan fingerprint density at radius 1 is 1.15 bits per heavy atom. The molecule has 1 atom stereocenters. The Kier molecular flexibility index (Phi) is 4.96. The van der Waals surface area contributed by atoms with Gasteiger partial charge in [0.15, 0.2) is 0 Å². The average Bonchev–Trinajstić information content (AvgIpc) is 2.60. The van der Waals surface area contributed by atoms with Crippen LogP contribution in [-0.2, 0) is 11.2 Å². The van der Waals surface area contributed by atoms with E-state index >= 15 is 0 Å². The quantitative estimate of drug-likeness (QED) is 0.732. The number of hydrogen-bond donors (Lipinski definition) is 3. The van der Waals surface area contributed by atoms with E-state index in [0.29, 0.717) is 5.56 Å². The van der Waals surface area contributed by atoms with Gasteiger partial charge < -0.3 is 15.7 Å². The van der Waals surface area contributed by atoms with Gasteiger partial charge in [-0.1, -0.05) is 39.8 Å². The molecule has 2 aromatic rings. The van der Waals surface area contributed by atoms with Gasteiger partial charge in [-0.2, -0.15) is 0 Å². The zero-order valence-electron chi connectivity index (χ0n) is 16.2. The molecule has 0 spiro atoms. The molecule has 3 rings (SSSR count). The van der Waals surface area contributed by atoms with E-state index in [-0.39, 0.29) is 23.3 Å². The van der Waals surface area contributed by atoms with Crippen LogP contribution in [0.15, 0.2) is 42.5 Å². The Morgan fingerprint density at radius 3 is 2.41 bits per heavy atom. The fourth-order valence-corrected chi connectivity index (χ4v) is 3.54. The van der Waals surface area contributed by atoms with Gasteiger partial charge in [-0.25, -0.2) is 4.79 Å². The summed E-state index contributed by atoms with van der Waals surface area (Å²) in [5, 5.41) is 15.7. The van der Waals surface area contributed by atoms with E-state index < -0.39 is 5.97 Å². The van der Waals surface area contributed by atoms with Gasteiger partial charge in [0.25, 0.3) is 0 Å². The summed E-state index contributed by atoms with van der Waals surface area (Å²) in [4.78, 5) is 23.1. The first-order valence-corrected chi connectivity index (χ1v) is 9.21. The third-order valence-corrected chi connectivity index (χ3v) is 5.12. The van der Waals surface area contributed by atoms with E-state index in [9.17, 15) is 14.7 Å². The highest BCUT2D eigenvalue weighted by molar-refractivity contribution is 5.92. The Bertz CT molecular complexity index is 870. The lowest BCUT2D eigenvalue weighted by Gasteiger charge is -2.41. The highest BCUT2D eigenvalue weighted by Crippen LogP contribution is 2.45. The second-order valence-corrected chi connectivity index (χ2v) is 8.19. The van der Waals surface area contributed by atoms with Crippen LogP contribution < -0.4 is 10.6 Å². The maximum Gasteiger partial charge on any atom is 0.335 e. The van der Waals surface area contributed by atoms with Gasteiger partial charge in [-0.05, 0) is 53.3 Å². The number of carbonyl (C=O) groups excluding carboxylic acids is 1. The second-order valence-electron chi connectivity index (χ2n) is 8.19. The van der Waals surface area contributed by atoms with Gasteiger partial charge in [0.2, 0.25) is 5.91 Å². The number of anilines is 2. The van der Waals surface area contributed by atoms with Gasteiger partial charge in [-0.3, -0.25) is 4.79 Å². The summed E-state index contributed by atoms with van der Waals surface area (Å²) in [6, 6.07) is 13.3. The molecule has 0 radical (unpaired) electrons. The number of nitrogens with one attached hydrogen (secondary N) is 2. The van der Waals surface area contributed by atoms with Crippen molar-refractivity contribution in [2.24, 2.45) is 11.3 Å². The highest BCUT2D eigenvalue weighted by atomic mass is 16.4. The Morgan fingerprint density at radius 2 is 1.81 bits per heavy atom. The summed E-state index contributed by atoms with van der Waals surface area (Å²) in [5.41, 5.74) is 4.15. The molecule has 0 saturated carbocycles. The molecule has 5 nitrogen and oxygen atoms in total. The molecule has 0 aromatic heterocycles. The Labute approximate surface area is 159 Å². The molecule has 0 fully saturated rings. The van der Waals surface area contributed by atoms with Crippen molar-refractivity contribution in [1.82, 2.24) is 0 Å². The van der Waals surface area contributed by atoms with Crippen LogP contribution in [0.2, 0.25) is 0 Å². The van der Waals surface area contributed by atoms with Crippen molar-refractivity contribution >= 4 is 23.3 Å². The SMILES string of the molecule is CC(C)C(=O)Nc1ccc(C2Nc3ccc(C(=O)O)cc3CC2(C)C)cc1. The zero-order chi connectivity index (χ0) is 19.8. The molecule has 1 amide bonds. The van der Waals surface area contributed by atoms with Gasteiger partial charge in [-0.15, -0.1) is 0 Å². The molecule has 3 N–H and O–H groups in total. The topological polar surface area (TPSA) is 78.4 Å². The minimum atomic E-state index is -0.906. The number of aromatic carboxylic acids is 1. The largest absolute Gasteiger partial charge is 0.478 e. The lowest BCUT2D eigenvalue weighted by atomic mass is 9.72. The normalized spacial score (nSPS) is 17.7. The molecule has 1 unspecified atom stereocenters. The number of carbonyl (C=O) groups is 2. The van der Waals surface area contributed by atoms with Crippen molar-refractivity contribution in [3.63, 3.8) is 0 Å². The summed E-state index contributed by atoms with van der Waals surface area (Å²) >= 11 is 0. The standard InChI is InChI=1S/C22H26N2O3/c1-13(2)20(25)23-17-8-5-14(6-9-17)19-22(3,4)12-16-11-15(21(26)27)7-10-18(16)24-19/h5-11,13,19,24H,12H2,1-4H3,(H,23,25)(H,26,27). The summed E-state index contributed by atoms with van der Waals surface area (Å²) in [6.07, 6.45) is 0.785. The molecule has 1 aliphatic heterocycles. The number of benzene rings is 2. The molecule has 1 heterocycles. The van der Waals surface area contributed by atoms with Crippen molar-refractivity contribution in [3.8, 4) is 0 Å². The number of fused-ring (bicyclic) bond motifs is 1. The van der Waals surface area contributed by atoms with Crippen LogP contribution in [0.5, 0.6) is 0 Å². The predicted octanol–water partition coefficient (Wildman–Crippen LogP) is 4.71. The van der Waals surface area contributed by atoms with Gasteiger partial charge in [0.05, 0.1) is 11.6 Å². The van der Waals surface area contributed by atoms with Crippen molar-refractivity contribution in [2.75, 3.05) is 10.6 Å². The summed E-state index contributed by atoms with van der Waals surface area (Å²) in [7, 11) is 0. The van der Waals surface area contributed by atoms with Gasteiger partial charge in [0, 0.05) is 17.3 Å². The smallest absolute Gasteiger partial charge is 0.335 e. The molecule has 0 bridgehead atoms. The molecule has 27 heavy (non-hydrogen) atoms. The van der Waals surface area contributed by atoms with E-state index in [1.165, 1.54) is 0 Å². The second kappa shape index (κ2) is 7.06. The van der Waals surface area contributed by atoms with Crippen LogP contribution in [0.4, 0.5) is 11.4 Å². The average molecular weight is 366 g/mol. The van der Waals surface area contributed by atoms with Crippen LogP contribution in [-0.4, -0.2) is 17.0 Å². The predicted molar refractivity (Wildman–Crippen MR) is 107 cm³/mol. The van der Waals surface area contributed by atoms with Crippen LogP contribution in [0.1, 0.15) is 55.2 Å². The fraction of sp³-hybridized carbons (Fsp3) is 0.364. The maximum absolute atomic E-state index is 11.8. The zero-order valence-corrected chi connectivity index (χ0v) is 16.2. The van der Waals surface area contributed by atoms with E-state index in [4.69, 9.17) is 0 Å². The number of carboxylic acids is 1. The number of rotatable bonds is 4. The van der Waals surface area contributed by atoms with E-state index in [2.05, 4.69) is 24.5 Å². The Hall–Kier alpha value is -2.82. The lowest BCUT2D eigenvalue weighted by Crippen LogP contribution is -2.35. The lowest BCUT2D eigenvalue weighted by molar-refractivity contribution is -0.118. The minimum Gasteiger partial charge on any atom is -0.478 e. The van der Waals surface area contributed by atoms with Crippen LogP contribution >= 0.6 is 0 Å². The molecule has 1 aliphatic rings. The summed E-state index contributed by atoms with van der Waals surface area (Å²) in [6.45, 7) is 8.09. The third-order valence-electron chi connectivity index (χ3n) is 5.12. The number of carboxylic acid groups (broad SMARTS) is 1. The van der Waals surface area contributed by atoms with Gasteiger partial charge in [0.1, 0.15) is 0 Å². The van der Waals surface area contributed by atoms with Crippen LogP contribution in [0, 0.1) is 11.3 Å². The maximum atomic E-state index is 11.8. The minimum absolute atomic E-state index is 0.00188. The fourth-order valence-electron chi connectivity index (χ4n) is 3.54. The van der Waals surface area contributed by atoms with Crippen molar-refractivity contribution in [3.05, 3.63) is 59.2 Å². The Balaban J connectivity index is 1.84. The number of hydrogen-bond acceptors (Lipinski definition) is 3. The van der Waals surface area contributed by atoms with E-state index in [0.717, 1.165) is 28.9 Å². The van der Waals surface area contributed by atoms with E-state index in [1.54, 1.807) is 12.1 Å². The molecule has 142 valence electrons. The van der Waals surface area contributed by atoms with Gasteiger partial charge >= 0.3 is 5.97 Å². The first-order valence-electron chi connectivity index (χ1n) is 9.21. The number of amides is 1. The first-order chi connectivity index (χ1) is 12.7. The van der Waals surface area contributed by atoms with Crippen LogP contribution in [0.3, 0.4) is 0 Å². The molecular formula is C22H26N2O3. The van der Waals surface area contributed by atoms with E-state index in [1.807, 2.05) is 44.2 Å². The molecule has 0 aliphatic carbocycles. The highest BCUT2D eigenvalue weighted by Gasteiger charge is 2.36. The van der Waals surface area contributed by atoms with Crippen LogP contribution in [0.25, 0.3) is 0 Å². The van der Waals surface area contributed by atoms with Crippen molar-refractivity contribution < 1.29 is 14.7 Å². The van der Waals surface area contributed by atoms with Crippen molar-refractivity contribution in [2.45, 2.75) is 40.2 Å². The molecule has 0 saturated heterocycles. The summed E-state index contributed by atoms with van der Waals surface area (Å²) < 4.78 is 0. The summed E-state index contributed by atoms with van der Waals surface area (Å²) in [5.74, 6) is -0.963. The molecule has 2 aromatic carbocycles. The monoisotopic (exact) mass is 366 g/mol. The third kappa shape index (κ3) is 3.97. The van der Waals surface area contributed by atoms with Crippen molar-refractivity contribution in [1.29, 1.82) is 0 Å². The molecule has 5 heteroatoms. The molecular weight excluding hydrogens is 340 g/mol.